The molecule has 2 amide bonds. The first-order valence-electron chi connectivity index (χ1n) is 9.46. The van der Waals surface area contributed by atoms with Gasteiger partial charge in [-0.2, -0.15) is 0 Å². The van der Waals surface area contributed by atoms with Crippen molar-refractivity contribution in [3.63, 3.8) is 0 Å². The number of nitrogens with one attached hydrogen (secondary N) is 2. The molecule has 0 heterocycles. The highest BCUT2D eigenvalue weighted by atomic mass is 16.5. The third kappa shape index (κ3) is 7.04. The second kappa shape index (κ2) is 11.1. The highest BCUT2D eigenvalue weighted by Gasteiger charge is 2.14. The van der Waals surface area contributed by atoms with Gasteiger partial charge in [-0.25, -0.2) is 0 Å². The summed E-state index contributed by atoms with van der Waals surface area (Å²) < 4.78 is 5.09. The Morgan fingerprint density at radius 2 is 1.64 bits per heavy atom. The molecule has 2 aromatic carbocycles. The van der Waals surface area contributed by atoms with E-state index in [1.807, 2.05) is 18.2 Å². The van der Waals surface area contributed by atoms with Crippen molar-refractivity contribution < 1.29 is 14.3 Å². The maximum absolute atomic E-state index is 12.2. The van der Waals surface area contributed by atoms with Crippen molar-refractivity contribution in [3.05, 3.63) is 60.2 Å². The van der Waals surface area contributed by atoms with Crippen LogP contribution in [0.4, 0.5) is 5.69 Å². The van der Waals surface area contributed by atoms with Crippen molar-refractivity contribution in [2.45, 2.75) is 19.3 Å². The van der Waals surface area contributed by atoms with Crippen LogP contribution in [0.1, 0.15) is 24.8 Å². The van der Waals surface area contributed by atoms with Crippen LogP contribution in [0.5, 0.6) is 5.75 Å². The molecule has 0 aliphatic heterocycles. The average molecular weight is 383 g/mol. The molecule has 0 fully saturated rings. The summed E-state index contributed by atoms with van der Waals surface area (Å²) >= 11 is 0. The standard InChI is InChI=1S/C22H29N3O3/c1-4-17(18-8-6-5-7-9-18)14-23-21(26)15-25(2)16-22(27)24-19-10-12-20(28-3)13-11-19/h5-13,17H,4,14-16H2,1-3H3,(H,23,26)(H,24,27)/t17-/m0/s1. The molecule has 28 heavy (non-hydrogen) atoms. The van der Waals surface area contributed by atoms with Crippen LogP contribution < -0.4 is 15.4 Å². The summed E-state index contributed by atoms with van der Waals surface area (Å²) in [5.41, 5.74) is 1.91. The van der Waals surface area contributed by atoms with E-state index in [0.29, 0.717) is 12.2 Å². The van der Waals surface area contributed by atoms with Gasteiger partial charge in [0.25, 0.3) is 0 Å². The number of benzene rings is 2. The van der Waals surface area contributed by atoms with Crippen LogP contribution >= 0.6 is 0 Å². The van der Waals surface area contributed by atoms with Crippen LogP contribution in [0.3, 0.4) is 0 Å². The van der Waals surface area contributed by atoms with Gasteiger partial charge in [0.1, 0.15) is 5.75 Å². The van der Waals surface area contributed by atoms with Gasteiger partial charge in [-0.15, -0.1) is 0 Å². The molecule has 0 saturated heterocycles. The van der Waals surface area contributed by atoms with Crippen molar-refractivity contribution in [1.82, 2.24) is 10.2 Å². The van der Waals surface area contributed by atoms with Crippen molar-refractivity contribution >= 4 is 17.5 Å². The van der Waals surface area contributed by atoms with E-state index in [4.69, 9.17) is 4.74 Å². The lowest BCUT2D eigenvalue weighted by Gasteiger charge is -2.19. The normalized spacial score (nSPS) is 11.7. The molecule has 0 radical (unpaired) electrons. The summed E-state index contributed by atoms with van der Waals surface area (Å²) in [5.74, 6) is 0.756. The summed E-state index contributed by atoms with van der Waals surface area (Å²) in [6.45, 7) is 3.00. The number of ether oxygens (including phenoxy) is 1. The maximum Gasteiger partial charge on any atom is 0.238 e. The predicted octanol–water partition coefficient (Wildman–Crippen LogP) is 2.88. The van der Waals surface area contributed by atoms with Crippen molar-refractivity contribution in [2.24, 2.45) is 0 Å². The van der Waals surface area contributed by atoms with Gasteiger partial charge in [0, 0.05) is 18.2 Å². The van der Waals surface area contributed by atoms with E-state index >= 15 is 0 Å². The van der Waals surface area contributed by atoms with Crippen molar-refractivity contribution in [1.29, 1.82) is 0 Å². The highest BCUT2D eigenvalue weighted by Crippen LogP contribution is 2.18. The number of rotatable bonds is 10. The first kappa shape index (κ1) is 21.4. The van der Waals surface area contributed by atoms with Gasteiger partial charge in [0.15, 0.2) is 0 Å². The number of hydrogen-bond donors (Lipinski definition) is 2. The molecular weight excluding hydrogens is 354 g/mol. The van der Waals surface area contributed by atoms with E-state index in [2.05, 4.69) is 29.7 Å². The Balaban J connectivity index is 1.74. The summed E-state index contributed by atoms with van der Waals surface area (Å²) in [5, 5.41) is 5.78. The van der Waals surface area contributed by atoms with E-state index in [1.54, 1.807) is 43.3 Å². The second-order valence-corrected chi connectivity index (χ2v) is 6.77. The zero-order valence-electron chi connectivity index (χ0n) is 16.8. The largest absolute Gasteiger partial charge is 0.497 e. The van der Waals surface area contributed by atoms with Gasteiger partial charge in [-0.05, 0) is 43.3 Å². The van der Waals surface area contributed by atoms with Crippen LogP contribution in [0.25, 0.3) is 0 Å². The Kier molecular flexibility index (Phi) is 8.49. The Morgan fingerprint density at radius 3 is 2.25 bits per heavy atom. The zero-order chi connectivity index (χ0) is 20.4. The molecule has 2 rings (SSSR count). The fourth-order valence-electron chi connectivity index (χ4n) is 2.94. The summed E-state index contributed by atoms with van der Waals surface area (Å²) in [6, 6.07) is 17.3. The molecule has 0 bridgehead atoms. The first-order chi connectivity index (χ1) is 13.5. The van der Waals surface area contributed by atoms with E-state index < -0.39 is 0 Å². The third-order valence-electron chi connectivity index (χ3n) is 4.51. The van der Waals surface area contributed by atoms with E-state index in [1.165, 1.54) is 5.56 Å². The monoisotopic (exact) mass is 383 g/mol. The van der Waals surface area contributed by atoms with Crippen LogP contribution in [0.2, 0.25) is 0 Å². The number of nitrogens with zero attached hydrogens (tertiary/aromatic N) is 1. The quantitative estimate of drug-likeness (QED) is 0.662. The average Bonchev–Trinajstić information content (AvgIpc) is 2.69. The van der Waals surface area contributed by atoms with Crippen LogP contribution in [0, 0.1) is 0 Å². The number of hydrogen-bond acceptors (Lipinski definition) is 4. The van der Waals surface area contributed by atoms with Gasteiger partial charge in [0.2, 0.25) is 11.8 Å². The maximum atomic E-state index is 12.2. The fraction of sp³-hybridized carbons (Fsp3) is 0.364. The highest BCUT2D eigenvalue weighted by molar-refractivity contribution is 5.92. The lowest BCUT2D eigenvalue weighted by Crippen LogP contribution is -2.40. The van der Waals surface area contributed by atoms with E-state index in [0.717, 1.165) is 12.2 Å². The summed E-state index contributed by atoms with van der Waals surface area (Å²) in [4.78, 5) is 26.0. The molecule has 0 aliphatic carbocycles. The number of carbonyl (C=O) groups excluding carboxylic acids is 2. The molecule has 2 aromatic rings. The van der Waals surface area contributed by atoms with Gasteiger partial charge < -0.3 is 15.4 Å². The molecule has 2 N–H and O–H groups in total. The second-order valence-electron chi connectivity index (χ2n) is 6.77. The lowest BCUT2D eigenvalue weighted by atomic mass is 9.96. The minimum Gasteiger partial charge on any atom is -0.497 e. The van der Waals surface area contributed by atoms with Crippen LogP contribution in [0.15, 0.2) is 54.6 Å². The number of likely N-dealkylation sites (N-methyl/N-ethyl adjacent to an activating group) is 1. The number of carbonyl (C=O) groups is 2. The molecular formula is C22H29N3O3. The van der Waals surface area contributed by atoms with Crippen LogP contribution in [-0.2, 0) is 9.59 Å². The minimum absolute atomic E-state index is 0.0888. The Morgan fingerprint density at radius 1 is 1.00 bits per heavy atom. The van der Waals surface area contributed by atoms with E-state index in [9.17, 15) is 9.59 Å². The van der Waals surface area contributed by atoms with Crippen molar-refractivity contribution in [2.75, 3.05) is 39.1 Å². The molecule has 150 valence electrons. The smallest absolute Gasteiger partial charge is 0.238 e. The van der Waals surface area contributed by atoms with Gasteiger partial charge in [0.05, 0.1) is 20.2 Å². The minimum atomic E-state index is -0.170. The summed E-state index contributed by atoms with van der Waals surface area (Å²) in [6.07, 6.45) is 0.949. The van der Waals surface area contributed by atoms with Gasteiger partial charge in [-0.1, -0.05) is 37.3 Å². The van der Waals surface area contributed by atoms with Crippen molar-refractivity contribution in [3.8, 4) is 5.75 Å². The number of methoxy groups -OCH3 is 1. The predicted molar refractivity (Wildman–Crippen MR) is 112 cm³/mol. The number of anilines is 1. The van der Waals surface area contributed by atoms with Gasteiger partial charge in [-0.3, -0.25) is 14.5 Å². The molecule has 0 saturated carbocycles. The first-order valence-corrected chi connectivity index (χ1v) is 9.46. The zero-order valence-corrected chi connectivity index (χ0v) is 16.8. The molecule has 0 unspecified atom stereocenters. The van der Waals surface area contributed by atoms with E-state index in [-0.39, 0.29) is 30.8 Å². The topological polar surface area (TPSA) is 70.7 Å². The summed E-state index contributed by atoms with van der Waals surface area (Å²) in [7, 11) is 3.35. The SMILES string of the molecule is CC[C@@H](CNC(=O)CN(C)CC(=O)Nc1ccc(OC)cc1)c1ccccc1. The molecule has 0 aromatic heterocycles. The molecule has 0 aliphatic rings. The van der Waals surface area contributed by atoms with Gasteiger partial charge >= 0.3 is 0 Å². The third-order valence-corrected chi connectivity index (χ3v) is 4.51. The molecule has 6 heteroatoms. The Labute approximate surface area is 166 Å². The number of amides is 2. The molecule has 6 nitrogen and oxygen atoms in total. The molecule has 1 atom stereocenters. The molecule has 0 spiro atoms. The lowest BCUT2D eigenvalue weighted by molar-refractivity contribution is -0.123. The fourth-order valence-corrected chi connectivity index (χ4v) is 2.94. The van der Waals surface area contributed by atoms with Crippen LogP contribution in [-0.4, -0.2) is 50.5 Å². The Bertz CT molecular complexity index is 747. The Hall–Kier alpha value is -2.86.